The Kier molecular flexibility index (Phi) is 8.64. The molecule has 0 fully saturated rings. The lowest BCUT2D eigenvalue weighted by molar-refractivity contribution is -0.113. The van der Waals surface area contributed by atoms with Gasteiger partial charge in [0.05, 0.1) is 18.6 Å². The minimum atomic E-state index is -0.355. The summed E-state index contributed by atoms with van der Waals surface area (Å²) in [6, 6.07) is 15.1. The Labute approximate surface area is 196 Å². The largest absolute Gasteiger partial charge is 0.497 e. The zero-order valence-corrected chi connectivity index (χ0v) is 19.9. The Bertz CT molecular complexity index is 1070. The number of benzene rings is 2. The lowest BCUT2D eigenvalue weighted by Crippen LogP contribution is -2.16. The molecule has 3 rings (SSSR count). The van der Waals surface area contributed by atoms with Crippen molar-refractivity contribution in [2.45, 2.75) is 29.6 Å². The van der Waals surface area contributed by atoms with Crippen LogP contribution in [0.2, 0.25) is 0 Å². The molecule has 0 saturated carbocycles. The third kappa shape index (κ3) is 6.08. The van der Waals surface area contributed by atoms with Crippen LogP contribution < -0.4 is 14.8 Å². The van der Waals surface area contributed by atoms with Crippen LogP contribution in [0.25, 0.3) is 0 Å². The molecule has 0 spiro atoms. The Balaban J connectivity index is 1.68. The third-order valence-electron chi connectivity index (χ3n) is 4.49. The average molecular weight is 471 g/mol. The predicted molar refractivity (Wildman–Crippen MR) is 130 cm³/mol. The van der Waals surface area contributed by atoms with E-state index in [1.165, 1.54) is 11.8 Å². The highest BCUT2D eigenvalue weighted by Crippen LogP contribution is 2.28. The number of para-hydroxylation sites is 1. The van der Waals surface area contributed by atoms with Crippen LogP contribution >= 0.6 is 23.5 Å². The second-order valence-corrected chi connectivity index (χ2v) is 8.51. The molecule has 1 aromatic heterocycles. The number of hydrogen-bond acceptors (Lipinski definition) is 7. The molecule has 0 saturated heterocycles. The van der Waals surface area contributed by atoms with Gasteiger partial charge >= 0.3 is 0 Å². The number of nitrogens with one attached hydrogen (secondary N) is 1. The van der Waals surface area contributed by atoms with Crippen molar-refractivity contribution in [1.82, 2.24) is 14.8 Å². The molecule has 9 heteroatoms. The van der Waals surface area contributed by atoms with E-state index in [2.05, 4.69) is 22.1 Å². The van der Waals surface area contributed by atoms with Gasteiger partial charge in [0.2, 0.25) is 5.91 Å². The van der Waals surface area contributed by atoms with Gasteiger partial charge in [-0.15, -0.1) is 28.5 Å². The molecule has 1 unspecified atom stereocenters. The standard InChI is InChI=1S/C23H26N4O3S2/c1-5-13-27-22(16(2)30-18-10-8-9-17(14-18)29-3)25-26-23(27)32-15-21(28)24-19-11-6-7-12-20(19)31-4/h5-12,14,16H,1,13,15H2,2-4H3,(H,24,28). The number of nitrogens with zero attached hydrogens (tertiary/aromatic N) is 3. The highest BCUT2D eigenvalue weighted by molar-refractivity contribution is 7.99. The highest BCUT2D eigenvalue weighted by atomic mass is 32.2. The fourth-order valence-electron chi connectivity index (χ4n) is 3.00. The van der Waals surface area contributed by atoms with E-state index in [-0.39, 0.29) is 17.8 Å². The normalized spacial score (nSPS) is 11.6. The number of aromatic nitrogens is 3. The maximum atomic E-state index is 12.5. The van der Waals surface area contributed by atoms with Crippen LogP contribution in [-0.2, 0) is 11.3 Å². The number of methoxy groups -OCH3 is 1. The summed E-state index contributed by atoms with van der Waals surface area (Å²) >= 11 is 2.92. The fourth-order valence-corrected chi connectivity index (χ4v) is 4.31. The maximum absolute atomic E-state index is 12.5. The number of hydrogen-bond donors (Lipinski definition) is 1. The van der Waals surface area contributed by atoms with Crippen molar-refractivity contribution < 1.29 is 14.3 Å². The molecule has 1 atom stereocenters. The van der Waals surface area contributed by atoms with Crippen molar-refractivity contribution in [3.05, 3.63) is 67.0 Å². The van der Waals surface area contributed by atoms with E-state index in [4.69, 9.17) is 9.47 Å². The Hall–Kier alpha value is -2.91. The van der Waals surface area contributed by atoms with Gasteiger partial charge in [0, 0.05) is 17.5 Å². The summed E-state index contributed by atoms with van der Waals surface area (Å²) in [7, 11) is 1.61. The van der Waals surface area contributed by atoms with Gasteiger partial charge in [0.25, 0.3) is 0 Å². The van der Waals surface area contributed by atoms with E-state index in [0.29, 0.717) is 29.0 Å². The minimum absolute atomic E-state index is 0.105. The summed E-state index contributed by atoms with van der Waals surface area (Å²) in [6.45, 7) is 6.24. The topological polar surface area (TPSA) is 78.3 Å². The lowest BCUT2D eigenvalue weighted by Gasteiger charge is -2.16. The molecule has 0 aliphatic carbocycles. The van der Waals surface area contributed by atoms with E-state index < -0.39 is 0 Å². The van der Waals surface area contributed by atoms with Crippen LogP contribution in [0.15, 0.2) is 71.2 Å². The summed E-state index contributed by atoms with van der Waals surface area (Å²) < 4.78 is 13.2. The molecule has 168 valence electrons. The number of carbonyl (C=O) groups excluding carboxylic acids is 1. The van der Waals surface area contributed by atoms with Gasteiger partial charge in [-0.2, -0.15) is 0 Å². The van der Waals surface area contributed by atoms with Gasteiger partial charge in [-0.25, -0.2) is 0 Å². The summed E-state index contributed by atoms with van der Waals surface area (Å²) in [5, 5.41) is 12.2. The number of rotatable bonds is 11. The van der Waals surface area contributed by atoms with Crippen LogP contribution in [-0.4, -0.2) is 39.8 Å². The second kappa shape index (κ2) is 11.6. The van der Waals surface area contributed by atoms with Crippen LogP contribution in [0.3, 0.4) is 0 Å². The third-order valence-corrected chi connectivity index (χ3v) is 6.25. The molecule has 3 aromatic rings. The van der Waals surface area contributed by atoms with Crippen molar-refractivity contribution >= 4 is 35.1 Å². The Morgan fingerprint density at radius 1 is 1.22 bits per heavy atom. The summed E-state index contributed by atoms with van der Waals surface area (Å²) in [6.07, 6.45) is 3.39. The monoisotopic (exact) mass is 470 g/mol. The number of ether oxygens (including phenoxy) is 2. The van der Waals surface area contributed by atoms with Crippen LogP contribution in [0.5, 0.6) is 11.5 Å². The van der Waals surface area contributed by atoms with Crippen molar-refractivity contribution in [2.24, 2.45) is 0 Å². The molecule has 2 aromatic carbocycles. The van der Waals surface area contributed by atoms with Crippen molar-refractivity contribution in [3.8, 4) is 11.5 Å². The SMILES string of the molecule is C=CCn1c(SCC(=O)Nc2ccccc2SC)nnc1C(C)Oc1cccc(OC)c1. The first-order valence-corrected chi connectivity index (χ1v) is 12.2. The van der Waals surface area contributed by atoms with Gasteiger partial charge in [0.1, 0.15) is 11.5 Å². The summed E-state index contributed by atoms with van der Waals surface area (Å²) in [5.74, 6) is 2.15. The molecule has 32 heavy (non-hydrogen) atoms. The zero-order valence-electron chi connectivity index (χ0n) is 18.3. The molecular formula is C23H26N4O3S2. The van der Waals surface area contributed by atoms with Crippen molar-refractivity contribution in [2.75, 3.05) is 24.4 Å². The van der Waals surface area contributed by atoms with Gasteiger partial charge in [0.15, 0.2) is 17.1 Å². The smallest absolute Gasteiger partial charge is 0.234 e. The molecule has 0 bridgehead atoms. The summed E-state index contributed by atoms with van der Waals surface area (Å²) in [4.78, 5) is 13.5. The highest BCUT2D eigenvalue weighted by Gasteiger charge is 2.20. The first kappa shape index (κ1) is 23.7. The maximum Gasteiger partial charge on any atom is 0.234 e. The fraction of sp³-hybridized carbons (Fsp3) is 0.261. The minimum Gasteiger partial charge on any atom is -0.497 e. The van der Waals surface area contributed by atoms with E-state index in [1.807, 2.05) is 66.3 Å². The molecule has 1 heterocycles. The average Bonchev–Trinajstić information content (AvgIpc) is 3.21. The molecule has 0 aliphatic heterocycles. The molecule has 7 nitrogen and oxygen atoms in total. The van der Waals surface area contributed by atoms with Crippen LogP contribution in [0.1, 0.15) is 18.9 Å². The lowest BCUT2D eigenvalue weighted by atomic mass is 10.3. The van der Waals surface area contributed by atoms with E-state index >= 15 is 0 Å². The molecular weight excluding hydrogens is 444 g/mol. The van der Waals surface area contributed by atoms with E-state index in [1.54, 1.807) is 24.9 Å². The van der Waals surface area contributed by atoms with Gasteiger partial charge in [-0.1, -0.05) is 36.0 Å². The van der Waals surface area contributed by atoms with Crippen molar-refractivity contribution in [1.29, 1.82) is 0 Å². The first-order chi connectivity index (χ1) is 15.5. The van der Waals surface area contributed by atoms with E-state index in [9.17, 15) is 4.79 Å². The quantitative estimate of drug-likeness (QED) is 0.310. The first-order valence-electron chi connectivity index (χ1n) is 9.96. The number of allylic oxidation sites excluding steroid dienone is 1. The van der Waals surface area contributed by atoms with Gasteiger partial charge < -0.3 is 14.8 Å². The Morgan fingerprint density at radius 2 is 2.00 bits per heavy atom. The van der Waals surface area contributed by atoms with Gasteiger partial charge in [-0.05, 0) is 37.4 Å². The summed E-state index contributed by atoms with van der Waals surface area (Å²) in [5.41, 5.74) is 0.805. The molecule has 0 radical (unpaired) electrons. The number of anilines is 1. The molecule has 1 amide bonds. The second-order valence-electron chi connectivity index (χ2n) is 6.72. The van der Waals surface area contributed by atoms with Crippen LogP contribution in [0, 0.1) is 0 Å². The molecule has 1 N–H and O–H groups in total. The number of amides is 1. The van der Waals surface area contributed by atoms with Crippen LogP contribution in [0.4, 0.5) is 5.69 Å². The van der Waals surface area contributed by atoms with Crippen molar-refractivity contribution in [3.63, 3.8) is 0 Å². The number of thioether (sulfide) groups is 2. The molecule has 0 aliphatic rings. The van der Waals surface area contributed by atoms with Gasteiger partial charge in [-0.3, -0.25) is 9.36 Å². The number of carbonyl (C=O) groups is 1. The zero-order chi connectivity index (χ0) is 22.9. The predicted octanol–water partition coefficient (Wildman–Crippen LogP) is 5.07. The Morgan fingerprint density at radius 3 is 2.75 bits per heavy atom. The van der Waals surface area contributed by atoms with E-state index in [0.717, 1.165) is 10.6 Å².